The number of rotatable bonds is 0. The van der Waals surface area contributed by atoms with E-state index >= 15 is 0 Å². The second kappa shape index (κ2) is 3.18. The molecular formula is C60H38. The molecule has 0 nitrogen and oxygen atoms in total. The SMILES string of the molecule is C1C2C3CC4C5C6C7C8C9C%10C%11C%12C%13C%14C%15C%16CC%17C%18CC%19C%20C%21C%22C%23C%24C%25C%26C%27C%28C%29C%30C1C21C34C52C%301C%291C62C72C%281C%271C82C92C%261C%251C%243C%234C%225C%216C%207C%18%19C%17%16C%157C%146C%135C%124C%113C%1021. The normalized spacial score (nSPS) is 139. The first-order valence-electron chi connectivity index (χ1n) is 29.8. The standard InChI is InChI=1S/C60H38/c1-5-6-2-10-14-18-22-26-31-34-32-28-24-20-16-12-4-8-7-3-11-15-19-23-27-30-33-29-25-21-17-13-9(1)35(5)36(6,10)40(14)39(13,35)43(17)44(18,40)48(22)47(21,43)51(25)52(26,48)56(31)55(29,51)59(33)57(30)53(27)49(23)45(19)41(15)37(7,11)38(8,12)42(16,41)46(20,45)50(24,49)54(28,53)58(32,57)60(34,56)59/h5-34H,1-4H2. The molecule has 0 aromatic carbocycles. The molecule has 0 aromatic rings. The molecule has 42 aliphatic rings. The van der Waals surface area contributed by atoms with Gasteiger partial charge in [0.2, 0.25) is 0 Å². The highest BCUT2D eigenvalue weighted by molar-refractivity contribution is 6.06. The first-order chi connectivity index (χ1) is 29.8. The van der Waals surface area contributed by atoms with Gasteiger partial charge in [0.25, 0.3) is 0 Å². The van der Waals surface area contributed by atoms with Crippen LogP contribution in [0.15, 0.2) is 0 Å². The van der Waals surface area contributed by atoms with Gasteiger partial charge in [0.05, 0.1) is 0 Å². The van der Waals surface area contributed by atoms with Gasteiger partial charge in [-0.05, 0) is 344 Å². The van der Waals surface area contributed by atoms with Gasteiger partial charge in [0.15, 0.2) is 0 Å². The van der Waals surface area contributed by atoms with Crippen LogP contribution in [0.3, 0.4) is 0 Å². The summed E-state index contributed by atoms with van der Waals surface area (Å²) in [4.78, 5) is 0. The summed E-state index contributed by atoms with van der Waals surface area (Å²) in [6, 6.07) is 0. The van der Waals surface area contributed by atoms with Crippen molar-refractivity contribution in [3.8, 4) is 0 Å². The van der Waals surface area contributed by atoms with Crippen LogP contribution in [-0.2, 0) is 0 Å². The van der Waals surface area contributed by atoms with Gasteiger partial charge < -0.3 is 0 Å². The molecule has 60 heavy (non-hydrogen) atoms. The Balaban J connectivity index is 0.666. The summed E-state index contributed by atoms with van der Waals surface area (Å²) >= 11 is 0. The lowest BCUT2D eigenvalue weighted by Crippen LogP contribution is -3.58. The molecule has 42 saturated carbocycles. The summed E-state index contributed by atoms with van der Waals surface area (Å²) in [5, 5.41) is 0. The lowest BCUT2D eigenvalue weighted by Gasteiger charge is -3.59. The Morgan fingerprint density at radius 1 is 0.133 bits per heavy atom. The van der Waals surface area contributed by atoms with Gasteiger partial charge in [-0.3, -0.25) is 0 Å². The van der Waals surface area contributed by atoms with E-state index in [9.17, 15) is 0 Å². The van der Waals surface area contributed by atoms with E-state index in [2.05, 4.69) is 0 Å². The molecule has 278 valence electrons. The number of fused-ring (bicyclic) bond motifs is 26. The zero-order valence-electron chi connectivity index (χ0n) is 33.1. The van der Waals surface area contributed by atoms with Crippen LogP contribution in [0.1, 0.15) is 25.7 Å². The van der Waals surface area contributed by atoms with Gasteiger partial charge in [-0.2, -0.15) is 0 Å². The molecule has 0 aliphatic heterocycles. The van der Waals surface area contributed by atoms with Crippen LogP contribution in [0.4, 0.5) is 0 Å². The fraction of sp³-hybridized carbons (Fsp3) is 1.00. The van der Waals surface area contributed by atoms with Gasteiger partial charge in [0.1, 0.15) is 0 Å². The molecule has 0 aromatic heterocycles. The van der Waals surface area contributed by atoms with Crippen molar-refractivity contribution in [2.75, 3.05) is 0 Å². The average molecular weight is 759 g/mol. The first-order valence-corrected chi connectivity index (χ1v) is 29.8. The second-order valence-corrected chi connectivity index (χ2v) is 38.6. The van der Waals surface area contributed by atoms with Crippen molar-refractivity contribution in [1.29, 1.82) is 0 Å². The van der Waals surface area contributed by atoms with E-state index in [0.29, 0.717) is 0 Å². The van der Waals surface area contributed by atoms with Crippen LogP contribution < -0.4 is 0 Å². The van der Waals surface area contributed by atoms with Crippen molar-refractivity contribution >= 4 is 0 Å². The van der Waals surface area contributed by atoms with E-state index in [1.807, 2.05) is 25.7 Å². The molecule has 0 N–H and O–H groups in total. The minimum atomic E-state index is 1.10. The highest BCUT2D eigenvalue weighted by atomic mass is 15.6. The molecule has 26 spiro atoms. The van der Waals surface area contributed by atoms with Crippen molar-refractivity contribution in [3.63, 3.8) is 0 Å². The van der Waals surface area contributed by atoms with E-state index in [1.54, 1.807) is 0 Å². The predicted octanol–water partition coefficient (Wildman–Crippen LogP) is 5.25. The molecule has 0 amide bonds. The molecule has 52 atom stereocenters. The molecule has 42 rings (SSSR count). The van der Waals surface area contributed by atoms with Crippen molar-refractivity contribution in [1.82, 2.24) is 0 Å². The molecule has 42 aliphatic carbocycles. The first kappa shape index (κ1) is 20.5. The maximum atomic E-state index is 1.82. The fourth-order valence-electron chi connectivity index (χ4n) is 64.6. The van der Waals surface area contributed by atoms with Crippen molar-refractivity contribution in [2.45, 2.75) is 25.7 Å². The predicted molar refractivity (Wildman–Crippen MR) is 186 cm³/mol. The summed E-state index contributed by atoms with van der Waals surface area (Å²) in [6.07, 6.45) is 7.29. The number of hydrogen-bond acceptors (Lipinski definition) is 0. The molecule has 52 unspecified atom stereocenters. The van der Waals surface area contributed by atoms with Gasteiger partial charge in [-0.15, -0.1) is 0 Å². The largest absolute Gasteiger partial charge is 0.0458 e. The van der Waals surface area contributed by atoms with Crippen LogP contribution >= 0.6 is 0 Å². The zero-order chi connectivity index (χ0) is 33.1. The maximum absolute atomic E-state index is 1.82. The molecule has 0 heteroatoms. The third-order valence-electron chi connectivity index (χ3n) is 51.4. The van der Waals surface area contributed by atoms with Crippen molar-refractivity contribution < 1.29 is 0 Å². The Morgan fingerprint density at radius 2 is 0.267 bits per heavy atom. The van der Waals surface area contributed by atoms with Gasteiger partial charge in [0, 0.05) is 0 Å². The highest BCUT2D eigenvalue weighted by Gasteiger charge is 3.61. The Bertz CT molecular complexity index is 3490. The summed E-state index contributed by atoms with van der Waals surface area (Å²) in [7, 11) is 0. The van der Waals surface area contributed by atoms with Gasteiger partial charge >= 0.3 is 0 Å². The van der Waals surface area contributed by atoms with Crippen LogP contribution in [-0.4, -0.2) is 0 Å². The highest BCUT2D eigenvalue weighted by Crippen LogP contribution is 3.63. The summed E-state index contributed by atoms with van der Waals surface area (Å²) in [6.45, 7) is 0. The third kappa shape index (κ3) is 0.470. The lowest BCUT2D eigenvalue weighted by atomic mass is 8.43. The van der Waals surface area contributed by atoms with Crippen molar-refractivity contribution in [3.05, 3.63) is 0 Å². The average Bonchev–Trinajstić information content (AvgIpc) is 3.10. The van der Waals surface area contributed by atoms with E-state index in [1.165, 1.54) is 178 Å². The van der Waals surface area contributed by atoms with Crippen LogP contribution in [0.5, 0.6) is 0 Å². The molecule has 0 radical (unpaired) electrons. The van der Waals surface area contributed by atoms with Crippen LogP contribution in [0.2, 0.25) is 0 Å². The Kier molecular flexibility index (Phi) is 1.08. The third-order valence-corrected chi connectivity index (χ3v) is 51.4. The number of hydrogen-bond donors (Lipinski definition) is 0. The van der Waals surface area contributed by atoms with E-state index in [4.69, 9.17) is 0 Å². The molecule has 0 bridgehead atoms. The molecule has 42 fully saturated rings. The Hall–Kier alpha value is 0. The molecule has 0 saturated heterocycles. The Morgan fingerprint density at radius 3 is 0.433 bits per heavy atom. The summed E-state index contributed by atoms with van der Waals surface area (Å²) in [5.74, 6) is 42.1. The fourth-order valence-corrected chi connectivity index (χ4v) is 64.6. The van der Waals surface area contributed by atoms with E-state index < -0.39 is 0 Å². The molecular weight excluding hydrogens is 721 g/mol. The summed E-state index contributed by atoms with van der Waals surface area (Å²) in [5.41, 5.74) is 29.1. The van der Waals surface area contributed by atoms with Crippen LogP contribution in [0, 0.1) is 318 Å². The van der Waals surface area contributed by atoms with E-state index in [-0.39, 0.29) is 0 Å². The zero-order valence-corrected chi connectivity index (χ0v) is 33.1. The minimum absolute atomic E-state index is 1.10. The van der Waals surface area contributed by atoms with Gasteiger partial charge in [-0.1, -0.05) is 0 Å². The quantitative estimate of drug-likeness (QED) is 0.317. The van der Waals surface area contributed by atoms with Crippen molar-refractivity contribution in [2.24, 2.45) is 318 Å². The minimum Gasteiger partial charge on any atom is -0.0458 e. The summed E-state index contributed by atoms with van der Waals surface area (Å²) < 4.78 is 0. The lowest BCUT2D eigenvalue weighted by molar-refractivity contribution is -1.14. The monoisotopic (exact) mass is 758 g/mol. The second-order valence-electron chi connectivity index (χ2n) is 38.6. The Labute approximate surface area is 342 Å². The van der Waals surface area contributed by atoms with Crippen LogP contribution in [0.25, 0.3) is 0 Å². The maximum Gasteiger partial charge on any atom is -0.00502 e. The smallest absolute Gasteiger partial charge is 0.00502 e. The molecule has 0 heterocycles. The van der Waals surface area contributed by atoms with E-state index in [0.717, 1.165) is 141 Å². The van der Waals surface area contributed by atoms with Gasteiger partial charge in [-0.25, -0.2) is 0 Å². The topological polar surface area (TPSA) is 0 Å².